The predicted molar refractivity (Wildman–Crippen MR) is 125 cm³/mol. The molecular weight excluding hydrogens is 458 g/mol. The van der Waals surface area contributed by atoms with E-state index in [0.29, 0.717) is 5.41 Å². The molecule has 2 atom stereocenters. The van der Waals surface area contributed by atoms with Crippen LogP contribution in [0.2, 0.25) is 0 Å². The second-order valence-corrected chi connectivity index (χ2v) is 10.6. The lowest BCUT2D eigenvalue weighted by molar-refractivity contribution is 0.299. The van der Waals surface area contributed by atoms with Gasteiger partial charge >= 0.3 is 0 Å². The smallest absolute Gasteiger partial charge is 0.191 e. The van der Waals surface area contributed by atoms with Crippen molar-refractivity contribution in [1.29, 1.82) is 0 Å². The number of pyridine rings is 1. The fourth-order valence-corrected chi connectivity index (χ4v) is 5.91. The molecule has 3 heterocycles. The highest BCUT2D eigenvalue weighted by Crippen LogP contribution is 2.59. The summed E-state index contributed by atoms with van der Waals surface area (Å²) in [6, 6.07) is 11.1. The Balaban J connectivity index is 1.13. The largest absolute Gasteiger partial charge is 0.305 e. The van der Waals surface area contributed by atoms with E-state index in [1.165, 1.54) is 31.5 Å². The highest BCUT2D eigenvalue weighted by Gasteiger charge is 2.60. The van der Waals surface area contributed by atoms with Gasteiger partial charge in [-0.25, -0.2) is 0 Å². The third kappa shape index (κ3) is 3.83. The predicted octanol–water partition coefficient (Wildman–Crippen LogP) is 4.70. The molecule has 1 saturated heterocycles. The standard InChI is InChI=1S/C23H26BrN5S/c1-16-10-17(13-25-12-16)21-26-27-22(28(21)2)30-9-3-8-29-14-19-11-23(19,15-29)18-4-6-20(24)7-5-18/h4-7,10,12-13,19H,3,8-9,11,14-15H2,1-2H3/t19-,23-/m0/s1. The molecule has 0 amide bonds. The van der Waals surface area contributed by atoms with Crippen LogP contribution in [0.3, 0.4) is 0 Å². The first-order chi connectivity index (χ1) is 14.5. The molecule has 7 heteroatoms. The fraction of sp³-hybridized carbons (Fsp3) is 0.435. The van der Waals surface area contributed by atoms with Crippen LogP contribution in [0.4, 0.5) is 0 Å². The molecule has 2 fully saturated rings. The van der Waals surface area contributed by atoms with Crippen LogP contribution < -0.4 is 0 Å². The number of hydrogen-bond acceptors (Lipinski definition) is 5. The van der Waals surface area contributed by atoms with Gasteiger partial charge in [-0.15, -0.1) is 10.2 Å². The summed E-state index contributed by atoms with van der Waals surface area (Å²) in [5.74, 6) is 2.78. The number of thioether (sulfide) groups is 1. The van der Waals surface area contributed by atoms with Crippen LogP contribution in [0.15, 0.2) is 52.4 Å². The van der Waals surface area contributed by atoms with E-state index in [0.717, 1.165) is 44.8 Å². The molecule has 30 heavy (non-hydrogen) atoms. The van der Waals surface area contributed by atoms with E-state index < -0.39 is 0 Å². The molecule has 2 aliphatic rings. The van der Waals surface area contributed by atoms with Crippen molar-refractivity contribution < 1.29 is 0 Å². The summed E-state index contributed by atoms with van der Waals surface area (Å²) >= 11 is 5.35. The minimum Gasteiger partial charge on any atom is -0.305 e. The van der Waals surface area contributed by atoms with Gasteiger partial charge in [-0.3, -0.25) is 4.98 Å². The molecule has 0 unspecified atom stereocenters. The molecule has 1 aliphatic heterocycles. The monoisotopic (exact) mass is 483 g/mol. The van der Waals surface area contributed by atoms with Gasteiger partial charge in [0.2, 0.25) is 0 Å². The number of hydrogen-bond donors (Lipinski definition) is 0. The quantitative estimate of drug-likeness (QED) is 0.359. The van der Waals surface area contributed by atoms with Crippen LogP contribution >= 0.6 is 27.7 Å². The third-order valence-electron chi connectivity index (χ3n) is 6.45. The number of aromatic nitrogens is 4. The zero-order valence-electron chi connectivity index (χ0n) is 17.4. The molecule has 5 rings (SSSR count). The molecule has 1 saturated carbocycles. The highest BCUT2D eigenvalue weighted by atomic mass is 79.9. The van der Waals surface area contributed by atoms with E-state index >= 15 is 0 Å². The Morgan fingerprint density at radius 3 is 2.83 bits per heavy atom. The van der Waals surface area contributed by atoms with Gasteiger partial charge in [-0.2, -0.15) is 0 Å². The van der Waals surface area contributed by atoms with Crippen LogP contribution in [-0.2, 0) is 12.5 Å². The zero-order valence-corrected chi connectivity index (χ0v) is 19.8. The molecular formula is C23H26BrN5S. The highest BCUT2D eigenvalue weighted by molar-refractivity contribution is 9.10. The lowest BCUT2D eigenvalue weighted by atomic mass is 9.95. The number of fused-ring (bicyclic) bond motifs is 1. The van der Waals surface area contributed by atoms with Gasteiger partial charge in [0, 0.05) is 53.7 Å². The van der Waals surface area contributed by atoms with Crippen molar-refractivity contribution in [3.63, 3.8) is 0 Å². The third-order valence-corrected chi connectivity index (χ3v) is 8.09. The molecule has 0 spiro atoms. The van der Waals surface area contributed by atoms with Crippen LogP contribution in [-0.4, -0.2) is 50.0 Å². The maximum atomic E-state index is 4.40. The number of piperidine rings is 1. The van der Waals surface area contributed by atoms with Crippen LogP contribution in [0.1, 0.15) is 24.0 Å². The van der Waals surface area contributed by atoms with E-state index in [1.807, 2.05) is 26.4 Å². The Morgan fingerprint density at radius 2 is 2.03 bits per heavy atom. The molecule has 3 aromatic rings. The summed E-state index contributed by atoms with van der Waals surface area (Å²) < 4.78 is 3.24. The lowest BCUT2D eigenvalue weighted by Gasteiger charge is -2.21. The molecule has 1 aliphatic carbocycles. The van der Waals surface area contributed by atoms with E-state index in [1.54, 1.807) is 11.8 Å². The van der Waals surface area contributed by atoms with Crippen molar-refractivity contribution >= 4 is 27.7 Å². The van der Waals surface area contributed by atoms with Crippen molar-refractivity contribution in [3.05, 3.63) is 58.3 Å². The van der Waals surface area contributed by atoms with Crippen molar-refractivity contribution in [2.75, 3.05) is 25.4 Å². The van der Waals surface area contributed by atoms with Crippen molar-refractivity contribution in [1.82, 2.24) is 24.6 Å². The molecule has 0 N–H and O–H groups in total. The molecule has 0 bridgehead atoms. The number of halogens is 1. The second kappa shape index (κ2) is 8.09. The van der Waals surface area contributed by atoms with E-state index in [9.17, 15) is 0 Å². The van der Waals surface area contributed by atoms with Gasteiger partial charge in [-0.1, -0.05) is 39.8 Å². The van der Waals surface area contributed by atoms with Gasteiger partial charge in [-0.05, 0) is 61.6 Å². The Hall–Kier alpha value is -1.70. The van der Waals surface area contributed by atoms with Crippen LogP contribution in [0.25, 0.3) is 11.4 Å². The molecule has 0 radical (unpaired) electrons. The lowest BCUT2D eigenvalue weighted by Crippen LogP contribution is -2.27. The van der Waals surface area contributed by atoms with Gasteiger partial charge < -0.3 is 9.47 Å². The SMILES string of the molecule is Cc1cncc(-c2nnc(SCCCN3C[C@@H]4C[C@@]4(c4ccc(Br)cc4)C3)n2C)c1. The first kappa shape index (κ1) is 20.2. The Morgan fingerprint density at radius 1 is 1.20 bits per heavy atom. The first-order valence-electron chi connectivity index (χ1n) is 10.5. The van der Waals surface area contributed by atoms with Gasteiger partial charge in [0.1, 0.15) is 0 Å². The van der Waals surface area contributed by atoms with Gasteiger partial charge in [0.05, 0.1) is 0 Å². The van der Waals surface area contributed by atoms with Crippen molar-refractivity contribution in [3.8, 4) is 11.4 Å². The Bertz CT molecular complexity index is 1050. The number of nitrogens with zero attached hydrogens (tertiary/aromatic N) is 5. The number of aryl methyl sites for hydroxylation is 1. The minimum atomic E-state index is 0.425. The van der Waals surface area contributed by atoms with E-state index in [-0.39, 0.29) is 0 Å². The normalized spacial score (nSPS) is 23.0. The average molecular weight is 484 g/mol. The number of rotatable bonds is 7. The number of benzene rings is 1. The fourth-order valence-electron chi connectivity index (χ4n) is 4.81. The van der Waals surface area contributed by atoms with Crippen LogP contribution in [0.5, 0.6) is 0 Å². The summed E-state index contributed by atoms with van der Waals surface area (Å²) in [5.41, 5.74) is 4.10. The van der Waals surface area contributed by atoms with E-state index in [4.69, 9.17) is 0 Å². The second-order valence-electron chi connectivity index (χ2n) is 8.62. The Labute approximate surface area is 190 Å². The topological polar surface area (TPSA) is 46.8 Å². The summed E-state index contributed by atoms with van der Waals surface area (Å²) in [4.78, 5) is 6.93. The van der Waals surface area contributed by atoms with Gasteiger partial charge in [0.25, 0.3) is 0 Å². The number of likely N-dealkylation sites (tertiary alicyclic amines) is 1. The maximum Gasteiger partial charge on any atom is 0.191 e. The first-order valence-corrected chi connectivity index (χ1v) is 12.3. The Kier molecular flexibility index (Phi) is 5.45. The van der Waals surface area contributed by atoms with Crippen LogP contribution in [0, 0.1) is 12.8 Å². The summed E-state index contributed by atoms with van der Waals surface area (Å²) in [6.07, 6.45) is 6.24. The minimum absolute atomic E-state index is 0.425. The average Bonchev–Trinajstić information content (AvgIpc) is 3.11. The molecule has 5 nitrogen and oxygen atoms in total. The van der Waals surface area contributed by atoms with Crippen molar-refractivity contribution in [2.45, 2.75) is 30.3 Å². The summed E-state index contributed by atoms with van der Waals surface area (Å²) in [5, 5.41) is 9.76. The maximum absolute atomic E-state index is 4.40. The van der Waals surface area contributed by atoms with Gasteiger partial charge in [0.15, 0.2) is 11.0 Å². The zero-order chi connectivity index (χ0) is 20.7. The van der Waals surface area contributed by atoms with E-state index in [2.05, 4.69) is 70.9 Å². The van der Waals surface area contributed by atoms with Crippen molar-refractivity contribution in [2.24, 2.45) is 13.0 Å². The molecule has 2 aromatic heterocycles. The summed E-state index contributed by atoms with van der Waals surface area (Å²) in [7, 11) is 2.04. The molecule has 1 aromatic carbocycles. The summed E-state index contributed by atoms with van der Waals surface area (Å²) in [6.45, 7) is 5.66. The molecule has 156 valence electrons.